The van der Waals surface area contributed by atoms with Crippen LogP contribution in [0.25, 0.3) is 0 Å². The zero-order valence-electron chi connectivity index (χ0n) is 8.94. The number of phosphoric acid groups is 3. The normalized spacial score (nSPS) is 9.32. The SMILES string of the molecule is O=P([O-])([O-])[O-].O=P([O-])([O-])[O-].O=P([O-])([O-])[O-].[B+3].[Mg+2].[Mg+2].[Mg+2]. The molecule has 0 unspecified atom stereocenters. The van der Waals surface area contributed by atoms with Crippen molar-refractivity contribution in [2.24, 2.45) is 0 Å². The van der Waals surface area contributed by atoms with Gasteiger partial charge >= 0.3 is 77.6 Å². The standard InChI is InChI=1S/B.3Mg.3H3O4P/c;;;;3*1-5(2,3)4/h;;;;3*(H3,1,2,3,4)/q+3;3*+2;;;/p-9. The molecule has 19 heteroatoms. The zero-order chi connectivity index (χ0) is 13.5. The first-order valence-electron chi connectivity index (χ1n) is 2.19. The molecule has 96 valence electrons. The van der Waals surface area contributed by atoms with Crippen molar-refractivity contribution in [1.29, 1.82) is 0 Å². The molecule has 0 heterocycles. The molecule has 0 saturated carbocycles. The predicted octanol–water partition coefficient (Wildman–Crippen LogP) is -10.00. The second-order valence-corrected chi connectivity index (χ2v) is 4.02. The van der Waals surface area contributed by atoms with Gasteiger partial charge in [0.25, 0.3) is 0 Å². The Bertz CT molecular complexity index is 214. The van der Waals surface area contributed by atoms with Gasteiger partial charge in [-0.25, -0.2) is 0 Å². The minimum Gasteiger partial charge on any atom is -0.822 e. The summed E-state index contributed by atoms with van der Waals surface area (Å²) in [5.74, 6) is 0. The molecule has 0 bridgehead atoms. The van der Waals surface area contributed by atoms with Crippen LogP contribution < -0.4 is 44.0 Å². The van der Waals surface area contributed by atoms with Gasteiger partial charge in [-0.05, 0) is 0 Å². The Morgan fingerprint density at radius 2 is 0.421 bits per heavy atom. The van der Waals surface area contributed by atoms with Crippen LogP contribution in [0.4, 0.5) is 0 Å². The number of rotatable bonds is 0. The van der Waals surface area contributed by atoms with E-state index in [9.17, 15) is 0 Å². The summed E-state index contributed by atoms with van der Waals surface area (Å²) in [6.07, 6.45) is 0. The van der Waals surface area contributed by atoms with E-state index in [-0.39, 0.29) is 77.6 Å². The Hall–Kier alpha value is 2.69. The molecule has 0 spiro atoms. The number of hydrogen-bond acceptors (Lipinski definition) is 12. The Kier molecular flexibility index (Phi) is 42.4. The van der Waals surface area contributed by atoms with Gasteiger partial charge in [0.05, 0.1) is 0 Å². The minimum atomic E-state index is -5.39. The second kappa shape index (κ2) is 18.7. The van der Waals surface area contributed by atoms with E-state index in [4.69, 9.17) is 57.7 Å². The third-order valence-electron chi connectivity index (χ3n) is 0. The molecule has 0 aromatic carbocycles. The van der Waals surface area contributed by atoms with Crippen LogP contribution >= 0.6 is 23.5 Å². The van der Waals surface area contributed by atoms with Gasteiger partial charge in [-0.1, -0.05) is 0 Å². The molecule has 12 nitrogen and oxygen atoms in total. The Morgan fingerprint density at radius 1 is 0.421 bits per heavy atom. The molecular weight excluding hydrogens is 369 g/mol. The molecule has 0 N–H and O–H groups in total. The summed E-state index contributed by atoms with van der Waals surface area (Å²) in [5.41, 5.74) is 0. The van der Waals surface area contributed by atoms with E-state index >= 15 is 0 Å². The fourth-order valence-electron chi connectivity index (χ4n) is 0. The Balaban J connectivity index is -0.0000000206. The van der Waals surface area contributed by atoms with Gasteiger partial charge in [-0.2, -0.15) is 23.5 Å². The van der Waals surface area contributed by atoms with Crippen LogP contribution in [0.1, 0.15) is 0 Å². The fourth-order valence-corrected chi connectivity index (χ4v) is 0. The quantitative estimate of drug-likeness (QED) is 0.285. The van der Waals surface area contributed by atoms with E-state index < -0.39 is 23.5 Å². The largest absolute Gasteiger partial charge is 3.00 e. The smallest absolute Gasteiger partial charge is 0.822 e. The van der Waals surface area contributed by atoms with Crippen molar-refractivity contribution in [2.75, 3.05) is 0 Å². The van der Waals surface area contributed by atoms with Crippen molar-refractivity contribution in [3.8, 4) is 0 Å². The van der Waals surface area contributed by atoms with E-state index in [0.29, 0.717) is 0 Å². The molecule has 0 aliphatic rings. The molecule has 0 aromatic rings. The van der Waals surface area contributed by atoms with E-state index in [1.807, 2.05) is 0 Å². The summed E-state index contributed by atoms with van der Waals surface area (Å²) in [4.78, 5) is 76.9. The minimum absolute atomic E-state index is 0. The molecule has 0 saturated heterocycles. The molecule has 19 heavy (non-hydrogen) atoms. The van der Waals surface area contributed by atoms with Crippen LogP contribution in [0.5, 0.6) is 0 Å². The molecule has 0 atom stereocenters. The summed E-state index contributed by atoms with van der Waals surface area (Å²) in [6.45, 7) is 0. The molecular formula is BMg3O12P3. The maximum atomic E-state index is 8.55. The van der Waals surface area contributed by atoms with Crippen molar-refractivity contribution in [3.63, 3.8) is 0 Å². The van der Waals surface area contributed by atoms with Crippen LogP contribution in [-0.4, -0.2) is 77.6 Å². The van der Waals surface area contributed by atoms with Gasteiger partial charge in [-0.3, -0.25) is 0 Å². The van der Waals surface area contributed by atoms with Gasteiger partial charge < -0.3 is 57.7 Å². The molecule has 0 amide bonds. The summed E-state index contributed by atoms with van der Waals surface area (Å²) >= 11 is 0. The topological polar surface area (TPSA) is 259 Å². The fraction of sp³-hybridized carbons (Fsp3) is 0. The predicted molar refractivity (Wildman–Crippen MR) is 45.8 cm³/mol. The maximum absolute atomic E-state index is 8.55. The summed E-state index contributed by atoms with van der Waals surface area (Å²) in [5, 5.41) is 0. The van der Waals surface area contributed by atoms with Crippen molar-refractivity contribution in [2.45, 2.75) is 0 Å². The van der Waals surface area contributed by atoms with Crippen LogP contribution in [0, 0.1) is 0 Å². The molecule has 0 aliphatic heterocycles. The average Bonchev–Trinajstić information content (AvgIpc) is 1.41. The zero-order valence-corrected chi connectivity index (χ0v) is 15.9. The summed E-state index contributed by atoms with van der Waals surface area (Å²) in [6, 6.07) is 0. The van der Waals surface area contributed by atoms with Crippen LogP contribution in [0.2, 0.25) is 0 Å². The molecule has 0 fully saturated rings. The van der Waals surface area contributed by atoms with E-state index in [2.05, 4.69) is 0 Å². The van der Waals surface area contributed by atoms with Crippen LogP contribution in [0.15, 0.2) is 0 Å². The van der Waals surface area contributed by atoms with Crippen molar-refractivity contribution < 1.29 is 57.7 Å². The monoisotopic (exact) mass is 368 g/mol. The maximum Gasteiger partial charge on any atom is 3.00 e. The van der Waals surface area contributed by atoms with Crippen molar-refractivity contribution >= 4 is 101 Å². The Morgan fingerprint density at radius 3 is 0.421 bits per heavy atom. The molecule has 0 aliphatic carbocycles. The van der Waals surface area contributed by atoms with Gasteiger partial charge in [0.2, 0.25) is 0 Å². The van der Waals surface area contributed by atoms with Crippen molar-refractivity contribution in [1.82, 2.24) is 0 Å². The first-order chi connectivity index (χ1) is 6.00. The first-order valence-corrected chi connectivity index (χ1v) is 6.57. The summed E-state index contributed by atoms with van der Waals surface area (Å²) in [7, 11) is -16.2. The third-order valence-corrected chi connectivity index (χ3v) is 0. The van der Waals surface area contributed by atoms with E-state index in [0.717, 1.165) is 0 Å². The van der Waals surface area contributed by atoms with Gasteiger partial charge in [0.15, 0.2) is 0 Å². The summed E-state index contributed by atoms with van der Waals surface area (Å²) < 4.78 is 25.6. The molecule has 0 radical (unpaired) electrons. The Labute approximate surface area is 157 Å². The van der Waals surface area contributed by atoms with Crippen LogP contribution in [-0.2, 0) is 13.7 Å². The van der Waals surface area contributed by atoms with E-state index in [1.165, 1.54) is 0 Å². The van der Waals surface area contributed by atoms with Gasteiger partial charge in [0.1, 0.15) is 0 Å². The van der Waals surface area contributed by atoms with E-state index in [1.54, 1.807) is 0 Å². The second-order valence-electron chi connectivity index (χ2n) is 1.34. The first kappa shape index (κ1) is 43.0. The average molecular weight is 369 g/mol. The van der Waals surface area contributed by atoms with Gasteiger partial charge in [-0.15, -0.1) is 0 Å². The third kappa shape index (κ3) is 997. The van der Waals surface area contributed by atoms with Crippen molar-refractivity contribution in [3.05, 3.63) is 0 Å². The van der Waals surface area contributed by atoms with Crippen LogP contribution in [0.3, 0.4) is 0 Å². The van der Waals surface area contributed by atoms with Gasteiger partial charge in [0, 0.05) is 0 Å². The molecule has 0 aromatic heterocycles. The number of hydrogen-bond donors (Lipinski definition) is 0. The molecule has 0 rings (SSSR count).